The fraction of sp³-hybridized carbons (Fsp3) is 0.143. The van der Waals surface area contributed by atoms with Gasteiger partial charge >= 0.3 is 0 Å². The zero-order valence-corrected chi connectivity index (χ0v) is 23.0. The molecule has 0 aliphatic rings. The number of nitrogens with zero attached hydrogens (tertiary/aromatic N) is 5. The van der Waals surface area contributed by atoms with Crippen molar-refractivity contribution in [2.24, 2.45) is 0 Å². The molecule has 0 saturated carbocycles. The maximum Gasteiger partial charge on any atom is 0.209 e. The second-order valence-corrected chi connectivity index (χ2v) is 11.7. The Kier molecular flexibility index (Phi) is 6.47. The number of aromatic amines is 2. The fourth-order valence-electron chi connectivity index (χ4n) is 4.65. The number of pyridine rings is 2. The van der Waals surface area contributed by atoms with Crippen molar-refractivity contribution in [1.82, 2.24) is 34.9 Å². The summed E-state index contributed by atoms with van der Waals surface area (Å²) in [7, 11) is 0.348. The number of hydrogen-bond acceptors (Lipinski definition) is 7. The van der Waals surface area contributed by atoms with E-state index in [4.69, 9.17) is 0 Å². The topological polar surface area (TPSA) is 133 Å². The smallest absolute Gasteiger partial charge is 0.209 e. The summed E-state index contributed by atoms with van der Waals surface area (Å²) in [5.74, 6) is -0.650. The van der Waals surface area contributed by atoms with Crippen molar-refractivity contribution in [2.45, 2.75) is 6.54 Å². The predicted octanol–water partition coefficient (Wildman–Crippen LogP) is 4.62. The van der Waals surface area contributed by atoms with E-state index in [9.17, 15) is 12.8 Å². The first-order valence-corrected chi connectivity index (χ1v) is 14.3. The van der Waals surface area contributed by atoms with Gasteiger partial charge in [0.25, 0.3) is 0 Å². The first-order valence-electron chi connectivity index (χ1n) is 12.5. The number of nitrogens with one attached hydrogen (secondary N) is 3. The normalized spacial score (nSPS) is 11.9. The van der Waals surface area contributed by atoms with Crippen LogP contribution in [0.4, 0.5) is 14.5 Å². The van der Waals surface area contributed by atoms with Gasteiger partial charge in [-0.05, 0) is 59.2 Å². The van der Waals surface area contributed by atoms with E-state index in [0.717, 1.165) is 17.5 Å². The summed E-state index contributed by atoms with van der Waals surface area (Å²) < 4.78 is 55.2. The van der Waals surface area contributed by atoms with Crippen LogP contribution in [0.3, 0.4) is 0 Å². The molecular weight excluding hydrogens is 550 g/mol. The number of imidazole rings is 1. The average Bonchev–Trinajstić information content (AvgIpc) is 3.56. The van der Waals surface area contributed by atoms with Gasteiger partial charge in [-0.2, -0.15) is 5.10 Å². The molecule has 3 N–H and O–H groups in total. The summed E-state index contributed by atoms with van der Waals surface area (Å²) in [4.78, 5) is 18.4. The molecule has 41 heavy (non-hydrogen) atoms. The molecule has 0 spiro atoms. The molecule has 4 aromatic heterocycles. The molecule has 0 aliphatic carbocycles. The Morgan fingerprint density at radius 3 is 2.61 bits per heavy atom. The van der Waals surface area contributed by atoms with Gasteiger partial charge in [0.1, 0.15) is 17.0 Å². The van der Waals surface area contributed by atoms with Gasteiger partial charge in [0, 0.05) is 49.5 Å². The monoisotopic (exact) mass is 574 g/mol. The number of H-pyrrole nitrogens is 2. The summed E-state index contributed by atoms with van der Waals surface area (Å²) in [6, 6.07) is 11.2. The molecule has 208 valence electrons. The Hall–Kier alpha value is -4.75. The molecule has 0 amide bonds. The highest BCUT2D eigenvalue weighted by Gasteiger charge is 2.19. The van der Waals surface area contributed by atoms with Crippen molar-refractivity contribution in [1.29, 1.82) is 0 Å². The SMILES string of the molecule is CN(C)c1cncc(-c2cc(F)c3n[nH]c(-c4nc5nccc(-c6cc(F)cc(CNS(C)(=O)=O)c6)c5[nH]4)c3c2)c1. The number of hydrogen-bond donors (Lipinski definition) is 3. The van der Waals surface area contributed by atoms with E-state index in [-0.39, 0.29) is 12.1 Å². The second-order valence-electron chi connectivity index (χ2n) is 9.86. The highest BCUT2D eigenvalue weighted by Crippen LogP contribution is 2.34. The molecule has 0 saturated heterocycles. The number of sulfonamides is 1. The van der Waals surface area contributed by atoms with Gasteiger partial charge in [0.2, 0.25) is 10.0 Å². The van der Waals surface area contributed by atoms with Gasteiger partial charge in [-0.25, -0.2) is 31.9 Å². The lowest BCUT2D eigenvalue weighted by Gasteiger charge is -2.13. The minimum absolute atomic E-state index is 0.0625. The number of halogens is 2. The van der Waals surface area contributed by atoms with Crippen molar-refractivity contribution < 1.29 is 17.2 Å². The van der Waals surface area contributed by atoms with Crippen LogP contribution in [-0.2, 0) is 16.6 Å². The van der Waals surface area contributed by atoms with Gasteiger partial charge in [-0.15, -0.1) is 0 Å². The minimum Gasteiger partial charge on any atom is -0.376 e. The first-order chi connectivity index (χ1) is 19.6. The molecular formula is C28H24F2N8O2S. The molecule has 0 radical (unpaired) electrons. The van der Waals surface area contributed by atoms with Gasteiger partial charge in [0.15, 0.2) is 17.3 Å². The van der Waals surface area contributed by atoms with Crippen LogP contribution in [0.1, 0.15) is 5.56 Å². The molecule has 0 bridgehead atoms. The average molecular weight is 575 g/mol. The number of fused-ring (bicyclic) bond motifs is 2. The second kappa shape index (κ2) is 10.0. The van der Waals surface area contributed by atoms with Crippen molar-refractivity contribution >= 4 is 37.8 Å². The molecule has 0 aliphatic heterocycles. The van der Waals surface area contributed by atoms with Crippen LogP contribution < -0.4 is 9.62 Å². The number of rotatable bonds is 7. The van der Waals surface area contributed by atoms with E-state index >= 15 is 4.39 Å². The molecule has 4 heterocycles. The summed E-state index contributed by atoms with van der Waals surface area (Å²) in [5, 5.41) is 7.58. The maximum absolute atomic E-state index is 15.2. The highest BCUT2D eigenvalue weighted by atomic mass is 32.2. The van der Waals surface area contributed by atoms with Crippen LogP contribution >= 0.6 is 0 Å². The zero-order chi connectivity index (χ0) is 28.9. The standard InChI is InChI=1S/C28H24F2N8O2S/c1-38(2)20-9-18(13-31-14-20)16-10-22-24(23(30)11-16)36-37-26(22)28-34-25-21(4-5-32-27(25)35-28)17-6-15(7-19(29)8-17)12-33-41(3,39)40/h4-11,13-14,33H,12H2,1-3H3,(H,36,37)(H,32,34,35). The highest BCUT2D eigenvalue weighted by molar-refractivity contribution is 7.88. The van der Waals surface area contributed by atoms with E-state index in [2.05, 4.69) is 34.9 Å². The summed E-state index contributed by atoms with van der Waals surface area (Å²) in [6.07, 6.45) is 5.99. The zero-order valence-electron chi connectivity index (χ0n) is 22.2. The van der Waals surface area contributed by atoms with Crippen LogP contribution in [-0.4, -0.2) is 58.9 Å². The van der Waals surface area contributed by atoms with Gasteiger partial charge in [-0.1, -0.05) is 0 Å². The molecule has 6 rings (SSSR count). The first kappa shape index (κ1) is 26.5. The molecule has 2 aromatic carbocycles. The van der Waals surface area contributed by atoms with E-state index < -0.39 is 21.7 Å². The quantitative estimate of drug-likeness (QED) is 0.253. The van der Waals surface area contributed by atoms with Crippen molar-refractivity contribution in [3.05, 3.63) is 78.3 Å². The fourth-order valence-corrected chi connectivity index (χ4v) is 5.07. The lowest BCUT2D eigenvalue weighted by molar-refractivity contribution is 0.586. The molecule has 0 fully saturated rings. The van der Waals surface area contributed by atoms with Gasteiger partial charge in [-0.3, -0.25) is 10.1 Å². The Morgan fingerprint density at radius 1 is 1.00 bits per heavy atom. The third-order valence-corrected chi connectivity index (χ3v) is 7.29. The number of aromatic nitrogens is 6. The van der Waals surface area contributed by atoms with Crippen molar-refractivity contribution in [3.63, 3.8) is 0 Å². The molecule has 0 unspecified atom stereocenters. The predicted molar refractivity (Wildman–Crippen MR) is 154 cm³/mol. The molecule has 0 atom stereocenters. The van der Waals surface area contributed by atoms with Crippen molar-refractivity contribution in [2.75, 3.05) is 25.3 Å². The van der Waals surface area contributed by atoms with Crippen LogP contribution in [0.2, 0.25) is 0 Å². The largest absolute Gasteiger partial charge is 0.376 e. The summed E-state index contributed by atoms with van der Waals surface area (Å²) in [5.41, 5.74) is 5.30. The third kappa shape index (κ3) is 5.24. The number of benzene rings is 2. The van der Waals surface area contributed by atoms with Crippen LogP contribution in [0.5, 0.6) is 0 Å². The Morgan fingerprint density at radius 2 is 1.83 bits per heavy atom. The van der Waals surface area contributed by atoms with Crippen LogP contribution in [0.15, 0.2) is 61.1 Å². The Labute approximate surface area is 233 Å². The van der Waals surface area contributed by atoms with E-state index in [0.29, 0.717) is 50.3 Å². The number of anilines is 1. The van der Waals surface area contributed by atoms with E-state index in [1.165, 1.54) is 18.2 Å². The Balaban J connectivity index is 1.44. The lowest BCUT2D eigenvalue weighted by atomic mass is 10.0. The van der Waals surface area contributed by atoms with Crippen molar-refractivity contribution in [3.8, 4) is 33.8 Å². The maximum atomic E-state index is 15.2. The summed E-state index contributed by atoms with van der Waals surface area (Å²) in [6.45, 7) is -0.0625. The van der Waals surface area contributed by atoms with E-state index in [1.807, 2.05) is 31.1 Å². The molecule has 13 heteroatoms. The van der Waals surface area contributed by atoms with E-state index in [1.54, 1.807) is 30.7 Å². The lowest BCUT2D eigenvalue weighted by Crippen LogP contribution is -2.21. The minimum atomic E-state index is -3.46. The van der Waals surface area contributed by atoms with Gasteiger partial charge < -0.3 is 9.88 Å². The molecule has 6 aromatic rings. The third-order valence-electron chi connectivity index (χ3n) is 6.62. The summed E-state index contributed by atoms with van der Waals surface area (Å²) >= 11 is 0. The van der Waals surface area contributed by atoms with Crippen LogP contribution in [0.25, 0.3) is 55.8 Å². The molecule has 10 nitrogen and oxygen atoms in total. The van der Waals surface area contributed by atoms with Crippen LogP contribution in [0, 0.1) is 11.6 Å². The Bertz CT molecular complexity index is 2050. The van der Waals surface area contributed by atoms with Gasteiger partial charge in [0.05, 0.1) is 23.7 Å².